The minimum Gasteiger partial charge on any atom is -0.310 e. The summed E-state index contributed by atoms with van der Waals surface area (Å²) in [7, 11) is 0. The van der Waals surface area contributed by atoms with E-state index < -0.39 is 0 Å². The van der Waals surface area contributed by atoms with Gasteiger partial charge in [0.2, 0.25) is 0 Å². The van der Waals surface area contributed by atoms with Crippen molar-refractivity contribution >= 4 is 49.6 Å². The molecule has 66 heavy (non-hydrogen) atoms. The Balaban J connectivity index is 1.05. The molecule has 0 aliphatic carbocycles. The number of hydrogen-bond donors (Lipinski definition) is 0. The third kappa shape index (κ3) is 6.93. The zero-order valence-corrected chi connectivity index (χ0v) is 36.3. The molecule has 12 rings (SSSR count). The SMILES string of the molecule is c1ccc(-c2ccc(-c3ccc(N(c4ccc(-c5ccccc5)cc4)c4ccc(-c5ccccc5-n5c6ccccc6c6ccccc65)c(-c5ccccc5)c4)c4ccccc34)cc2)cc1. The molecule has 0 radical (unpaired) electrons. The largest absolute Gasteiger partial charge is 0.310 e. The molecule has 2 nitrogen and oxygen atoms in total. The molecule has 12 aromatic rings. The van der Waals surface area contributed by atoms with Crippen molar-refractivity contribution in [1.82, 2.24) is 4.57 Å². The molecule has 0 amide bonds. The molecule has 0 atom stereocenters. The quantitative estimate of drug-likeness (QED) is 0.141. The van der Waals surface area contributed by atoms with E-state index in [1.54, 1.807) is 0 Å². The van der Waals surface area contributed by atoms with Crippen LogP contribution in [0.15, 0.2) is 267 Å². The lowest BCUT2D eigenvalue weighted by molar-refractivity contribution is 1.18. The van der Waals surface area contributed by atoms with Crippen LogP contribution >= 0.6 is 0 Å². The topological polar surface area (TPSA) is 8.17 Å². The summed E-state index contributed by atoms with van der Waals surface area (Å²) in [6.45, 7) is 0. The van der Waals surface area contributed by atoms with Gasteiger partial charge in [-0.1, -0.05) is 218 Å². The van der Waals surface area contributed by atoms with Gasteiger partial charge in [-0.15, -0.1) is 0 Å². The van der Waals surface area contributed by atoms with Gasteiger partial charge in [0, 0.05) is 33.1 Å². The van der Waals surface area contributed by atoms with E-state index in [1.807, 2.05) is 0 Å². The van der Waals surface area contributed by atoms with Gasteiger partial charge in [0.15, 0.2) is 0 Å². The number of hydrogen-bond acceptors (Lipinski definition) is 1. The highest BCUT2D eigenvalue weighted by atomic mass is 15.1. The molecule has 0 saturated carbocycles. The minimum absolute atomic E-state index is 1.07. The second-order valence-electron chi connectivity index (χ2n) is 16.9. The van der Waals surface area contributed by atoms with Gasteiger partial charge in [-0.2, -0.15) is 0 Å². The van der Waals surface area contributed by atoms with E-state index in [9.17, 15) is 0 Å². The average molecular weight is 841 g/mol. The number of aromatic nitrogens is 1. The smallest absolute Gasteiger partial charge is 0.0541 e. The Hall–Kier alpha value is -8.72. The van der Waals surface area contributed by atoms with Crippen molar-refractivity contribution in [1.29, 1.82) is 0 Å². The number of para-hydroxylation sites is 3. The number of anilines is 3. The number of fused-ring (bicyclic) bond motifs is 4. The first kappa shape index (κ1) is 38.9. The van der Waals surface area contributed by atoms with E-state index in [2.05, 4.69) is 276 Å². The molecular formula is C64H44N2. The Morgan fingerprint density at radius 2 is 0.667 bits per heavy atom. The molecule has 310 valence electrons. The summed E-state index contributed by atoms with van der Waals surface area (Å²) in [4.78, 5) is 2.44. The summed E-state index contributed by atoms with van der Waals surface area (Å²) >= 11 is 0. The molecule has 0 N–H and O–H groups in total. The Morgan fingerprint density at radius 1 is 0.242 bits per heavy atom. The van der Waals surface area contributed by atoms with Crippen molar-refractivity contribution in [2.75, 3.05) is 4.90 Å². The van der Waals surface area contributed by atoms with Crippen LogP contribution in [0.1, 0.15) is 0 Å². The van der Waals surface area contributed by atoms with E-state index in [1.165, 1.54) is 77.1 Å². The lowest BCUT2D eigenvalue weighted by atomic mass is 9.92. The second-order valence-corrected chi connectivity index (χ2v) is 16.9. The zero-order chi connectivity index (χ0) is 43.8. The zero-order valence-electron chi connectivity index (χ0n) is 36.3. The van der Waals surface area contributed by atoms with Crippen LogP contribution < -0.4 is 4.90 Å². The maximum atomic E-state index is 2.44. The van der Waals surface area contributed by atoms with Crippen LogP contribution in [0.25, 0.3) is 93.9 Å². The third-order valence-electron chi connectivity index (χ3n) is 13.0. The molecule has 0 spiro atoms. The number of benzene rings is 11. The third-order valence-corrected chi connectivity index (χ3v) is 13.0. The van der Waals surface area contributed by atoms with E-state index in [4.69, 9.17) is 0 Å². The Bertz CT molecular complexity index is 3610. The van der Waals surface area contributed by atoms with Gasteiger partial charge in [0.25, 0.3) is 0 Å². The minimum atomic E-state index is 1.07. The Morgan fingerprint density at radius 3 is 1.29 bits per heavy atom. The van der Waals surface area contributed by atoms with Crippen LogP contribution in [-0.4, -0.2) is 4.57 Å². The Labute approximate surface area is 385 Å². The summed E-state index contributed by atoms with van der Waals surface area (Å²) < 4.78 is 2.44. The molecule has 0 saturated heterocycles. The Kier molecular flexibility index (Phi) is 9.89. The van der Waals surface area contributed by atoms with Crippen LogP contribution in [0, 0.1) is 0 Å². The van der Waals surface area contributed by atoms with Gasteiger partial charge < -0.3 is 9.47 Å². The van der Waals surface area contributed by atoms with Gasteiger partial charge in [0.1, 0.15) is 0 Å². The van der Waals surface area contributed by atoms with Crippen molar-refractivity contribution < 1.29 is 0 Å². The van der Waals surface area contributed by atoms with Crippen LogP contribution in [-0.2, 0) is 0 Å². The average Bonchev–Trinajstić information content (AvgIpc) is 3.74. The molecule has 0 unspecified atom stereocenters. The fourth-order valence-electron chi connectivity index (χ4n) is 9.90. The predicted molar refractivity (Wildman–Crippen MR) is 280 cm³/mol. The lowest BCUT2D eigenvalue weighted by Gasteiger charge is -2.29. The molecule has 0 aliphatic rings. The standard InChI is InChI=1S/C64H44N2/c1-4-18-45(19-5-1)47-32-34-50(35-33-47)53-42-43-64(56-25-11-10-24-54(53)56)65(51-38-36-48(37-39-51)46-20-6-2-7-21-46)52-40-41-55(60(44-52)49-22-8-3-9-23-49)57-26-12-15-29-61(57)66-62-30-16-13-27-58(62)59-28-14-17-31-63(59)66/h1-44H. The van der Waals surface area contributed by atoms with E-state index in [0.29, 0.717) is 0 Å². The van der Waals surface area contributed by atoms with Gasteiger partial charge in [-0.05, 0) is 104 Å². The summed E-state index contributed by atoms with van der Waals surface area (Å²) in [6.07, 6.45) is 0. The van der Waals surface area contributed by atoms with Crippen molar-refractivity contribution in [3.8, 4) is 61.3 Å². The highest BCUT2D eigenvalue weighted by Gasteiger charge is 2.22. The fraction of sp³-hybridized carbons (Fsp3) is 0. The molecule has 1 heterocycles. The molecule has 0 bridgehead atoms. The second kappa shape index (κ2) is 16.8. The maximum Gasteiger partial charge on any atom is 0.0541 e. The fourth-order valence-corrected chi connectivity index (χ4v) is 9.90. The van der Waals surface area contributed by atoms with E-state index >= 15 is 0 Å². The first-order valence-electron chi connectivity index (χ1n) is 22.7. The van der Waals surface area contributed by atoms with E-state index in [-0.39, 0.29) is 0 Å². The van der Waals surface area contributed by atoms with Crippen LogP contribution in [0.5, 0.6) is 0 Å². The van der Waals surface area contributed by atoms with Crippen molar-refractivity contribution in [2.45, 2.75) is 0 Å². The molecule has 11 aromatic carbocycles. The predicted octanol–water partition coefficient (Wildman–Crippen LogP) is 17.7. The molecule has 2 heteroatoms. The highest BCUT2D eigenvalue weighted by Crippen LogP contribution is 2.46. The first-order valence-corrected chi connectivity index (χ1v) is 22.7. The van der Waals surface area contributed by atoms with Gasteiger partial charge >= 0.3 is 0 Å². The molecule has 0 fully saturated rings. The first-order chi connectivity index (χ1) is 32.8. The number of rotatable bonds is 9. The molecule has 0 aliphatic heterocycles. The van der Waals surface area contributed by atoms with Crippen molar-refractivity contribution in [3.63, 3.8) is 0 Å². The normalized spacial score (nSPS) is 11.3. The van der Waals surface area contributed by atoms with E-state index in [0.717, 1.165) is 33.9 Å². The van der Waals surface area contributed by atoms with Crippen LogP contribution in [0.4, 0.5) is 17.1 Å². The van der Waals surface area contributed by atoms with Gasteiger partial charge in [0.05, 0.1) is 22.4 Å². The maximum absolute atomic E-state index is 2.44. The summed E-state index contributed by atoms with van der Waals surface area (Å²) in [5.74, 6) is 0. The van der Waals surface area contributed by atoms with Gasteiger partial charge in [-0.3, -0.25) is 0 Å². The lowest BCUT2D eigenvalue weighted by Crippen LogP contribution is -2.11. The monoisotopic (exact) mass is 840 g/mol. The molecule has 1 aromatic heterocycles. The summed E-state index contributed by atoms with van der Waals surface area (Å²) in [5, 5.41) is 4.88. The van der Waals surface area contributed by atoms with Gasteiger partial charge in [-0.25, -0.2) is 0 Å². The van der Waals surface area contributed by atoms with Crippen molar-refractivity contribution in [3.05, 3.63) is 267 Å². The van der Waals surface area contributed by atoms with Crippen LogP contribution in [0.2, 0.25) is 0 Å². The summed E-state index contributed by atoms with van der Waals surface area (Å²) in [5.41, 5.74) is 18.6. The number of nitrogens with zero attached hydrogens (tertiary/aromatic N) is 2. The summed E-state index contributed by atoms with van der Waals surface area (Å²) in [6, 6.07) is 96.9. The van der Waals surface area contributed by atoms with Crippen LogP contribution in [0.3, 0.4) is 0 Å². The molecular weight excluding hydrogens is 797 g/mol. The highest BCUT2D eigenvalue weighted by molar-refractivity contribution is 6.10. The van der Waals surface area contributed by atoms with Crippen molar-refractivity contribution in [2.24, 2.45) is 0 Å².